The maximum absolute atomic E-state index is 5.30. The van der Waals surface area contributed by atoms with Crippen molar-refractivity contribution in [1.82, 2.24) is 0 Å². The molecule has 0 atom stereocenters. The van der Waals surface area contributed by atoms with Crippen molar-refractivity contribution in [3.05, 3.63) is 24.3 Å². The molecule has 0 N–H and O–H groups in total. The quantitative estimate of drug-likeness (QED) is 0.646. The van der Waals surface area contributed by atoms with Crippen LogP contribution in [0.5, 0.6) is 11.5 Å². The summed E-state index contributed by atoms with van der Waals surface area (Å²) in [5.74, 6) is 1.71. The molecule has 0 saturated heterocycles. The molecule has 15 heavy (non-hydrogen) atoms. The normalized spacial score (nSPS) is 11.5. The number of fused-ring (bicyclic) bond motifs is 1. The number of rotatable bonds is 0. The minimum absolute atomic E-state index is 0.664. The van der Waals surface area contributed by atoms with Crippen LogP contribution in [-0.2, 0) is 0 Å². The van der Waals surface area contributed by atoms with Crippen molar-refractivity contribution in [2.75, 3.05) is 13.2 Å². The van der Waals surface area contributed by atoms with E-state index in [4.69, 9.17) is 9.47 Å². The Balaban J connectivity index is 0.000000342. The Morgan fingerprint density at radius 2 is 1.27 bits per heavy atom. The highest BCUT2D eigenvalue weighted by atomic mass is 16.6. The van der Waals surface area contributed by atoms with Gasteiger partial charge in [0.25, 0.3) is 0 Å². The topological polar surface area (TPSA) is 18.5 Å². The van der Waals surface area contributed by atoms with E-state index >= 15 is 0 Å². The van der Waals surface area contributed by atoms with E-state index in [1.807, 2.05) is 38.1 Å². The van der Waals surface area contributed by atoms with Gasteiger partial charge in [0.1, 0.15) is 13.2 Å². The van der Waals surface area contributed by atoms with Crippen LogP contribution in [0, 0.1) is 0 Å². The number of benzene rings is 1. The summed E-state index contributed by atoms with van der Waals surface area (Å²) in [6, 6.07) is 7.70. The van der Waals surface area contributed by atoms with Crippen molar-refractivity contribution in [3.8, 4) is 11.5 Å². The predicted octanol–water partition coefficient (Wildman–Crippen LogP) is 3.90. The minimum atomic E-state index is 0.664. The first-order valence-corrected chi connectivity index (χ1v) is 5.73. The Morgan fingerprint density at radius 3 is 1.60 bits per heavy atom. The molecule has 0 bridgehead atoms. The second kappa shape index (κ2) is 9.38. The van der Waals surface area contributed by atoms with E-state index in [1.54, 1.807) is 0 Å². The van der Waals surface area contributed by atoms with E-state index in [2.05, 4.69) is 13.8 Å². The summed E-state index contributed by atoms with van der Waals surface area (Å²) in [6.07, 6.45) is 1.25. The fraction of sp³-hybridized carbons (Fsp3) is 0.538. The lowest BCUT2D eigenvalue weighted by atomic mass is 10.3. The molecule has 0 aromatic heterocycles. The van der Waals surface area contributed by atoms with E-state index in [9.17, 15) is 0 Å². The SMILES string of the molecule is CC.CCC.c1ccc2c(c1)OCCO2. The smallest absolute Gasteiger partial charge is 0.161 e. The maximum atomic E-state index is 5.30. The highest BCUT2D eigenvalue weighted by Crippen LogP contribution is 2.28. The Bertz CT molecular complexity index is 221. The van der Waals surface area contributed by atoms with Crippen molar-refractivity contribution >= 4 is 0 Å². The van der Waals surface area contributed by atoms with Crippen LogP contribution in [0.15, 0.2) is 24.3 Å². The van der Waals surface area contributed by atoms with Gasteiger partial charge in [0.05, 0.1) is 0 Å². The molecule has 1 aliphatic rings. The van der Waals surface area contributed by atoms with Crippen LogP contribution in [0.4, 0.5) is 0 Å². The Morgan fingerprint density at radius 1 is 0.933 bits per heavy atom. The summed E-state index contributed by atoms with van der Waals surface area (Å²) >= 11 is 0. The molecule has 1 heterocycles. The monoisotopic (exact) mass is 210 g/mol. The van der Waals surface area contributed by atoms with E-state index < -0.39 is 0 Å². The molecule has 0 amide bonds. The van der Waals surface area contributed by atoms with Gasteiger partial charge in [0.15, 0.2) is 11.5 Å². The summed E-state index contributed by atoms with van der Waals surface area (Å²) in [7, 11) is 0. The fourth-order valence-corrected chi connectivity index (χ4v) is 0.992. The van der Waals surface area contributed by atoms with Crippen LogP contribution in [0.1, 0.15) is 34.1 Å². The third-order valence-corrected chi connectivity index (χ3v) is 1.45. The van der Waals surface area contributed by atoms with Crippen LogP contribution >= 0.6 is 0 Å². The van der Waals surface area contributed by atoms with Crippen LogP contribution in [0.25, 0.3) is 0 Å². The second-order valence-corrected chi connectivity index (χ2v) is 2.85. The molecule has 0 aliphatic carbocycles. The molecule has 0 unspecified atom stereocenters. The molecule has 0 radical (unpaired) electrons. The lowest BCUT2D eigenvalue weighted by molar-refractivity contribution is 0.171. The summed E-state index contributed by atoms with van der Waals surface area (Å²) < 4.78 is 10.6. The molecular weight excluding hydrogens is 188 g/mol. The Labute approximate surface area is 93.2 Å². The molecule has 2 nitrogen and oxygen atoms in total. The molecule has 2 rings (SSSR count). The van der Waals surface area contributed by atoms with Gasteiger partial charge >= 0.3 is 0 Å². The van der Waals surface area contributed by atoms with Crippen molar-refractivity contribution in [3.63, 3.8) is 0 Å². The van der Waals surface area contributed by atoms with Crippen molar-refractivity contribution in [2.45, 2.75) is 34.1 Å². The molecule has 2 heteroatoms. The number of hydrogen-bond donors (Lipinski definition) is 0. The van der Waals surface area contributed by atoms with Crippen molar-refractivity contribution < 1.29 is 9.47 Å². The molecule has 1 aromatic rings. The highest BCUT2D eigenvalue weighted by molar-refractivity contribution is 5.40. The van der Waals surface area contributed by atoms with Crippen molar-refractivity contribution in [1.29, 1.82) is 0 Å². The van der Waals surface area contributed by atoms with Crippen LogP contribution < -0.4 is 9.47 Å². The first-order valence-electron chi connectivity index (χ1n) is 5.73. The van der Waals surface area contributed by atoms with Gasteiger partial charge in [-0.15, -0.1) is 0 Å². The first-order chi connectivity index (χ1) is 7.38. The van der Waals surface area contributed by atoms with E-state index in [0.717, 1.165) is 11.5 Å². The average Bonchev–Trinajstić information content (AvgIpc) is 2.33. The number of para-hydroxylation sites is 2. The molecule has 86 valence electrons. The second-order valence-electron chi connectivity index (χ2n) is 2.85. The minimum Gasteiger partial charge on any atom is -0.486 e. The van der Waals surface area contributed by atoms with E-state index in [0.29, 0.717) is 13.2 Å². The van der Waals surface area contributed by atoms with Crippen LogP contribution in [-0.4, -0.2) is 13.2 Å². The van der Waals surface area contributed by atoms with Crippen molar-refractivity contribution in [2.24, 2.45) is 0 Å². The van der Waals surface area contributed by atoms with Gasteiger partial charge < -0.3 is 9.47 Å². The van der Waals surface area contributed by atoms with Gasteiger partial charge in [-0.25, -0.2) is 0 Å². The average molecular weight is 210 g/mol. The van der Waals surface area contributed by atoms with Gasteiger partial charge in [0.2, 0.25) is 0 Å². The maximum Gasteiger partial charge on any atom is 0.161 e. The standard InChI is InChI=1S/C8H8O2.C3H8.C2H6/c1-2-4-8-7(3-1)9-5-6-10-8;1-3-2;1-2/h1-4H,5-6H2;3H2,1-2H3;1-2H3. The molecule has 1 aliphatic heterocycles. The summed E-state index contributed by atoms with van der Waals surface area (Å²) in [5.41, 5.74) is 0. The van der Waals surface area contributed by atoms with E-state index in [-0.39, 0.29) is 0 Å². The largest absolute Gasteiger partial charge is 0.486 e. The van der Waals surface area contributed by atoms with Gasteiger partial charge in [-0.1, -0.05) is 46.2 Å². The molecule has 0 spiro atoms. The third kappa shape index (κ3) is 5.31. The number of ether oxygens (including phenoxy) is 2. The van der Waals surface area contributed by atoms with Gasteiger partial charge in [-0.2, -0.15) is 0 Å². The molecular formula is C13H22O2. The Kier molecular flexibility index (Phi) is 8.64. The summed E-state index contributed by atoms with van der Waals surface area (Å²) in [4.78, 5) is 0. The first kappa shape index (κ1) is 13.8. The van der Waals surface area contributed by atoms with E-state index in [1.165, 1.54) is 6.42 Å². The van der Waals surface area contributed by atoms with Gasteiger partial charge in [-0.05, 0) is 12.1 Å². The predicted molar refractivity (Wildman–Crippen MR) is 64.7 cm³/mol. The van der Waals surface area contributed by atoms with Gasteiger partial charge in [0, 0.05) is 0 Å². The van der Waals surface area contributed by atoms with Gasteiger partial charge in [-0.3, -0.25) is 0 Å². The summed E-state index contributed by atoms with van der Waals surface area (Å²) in [5, 5.41) is 0. The highest BCUT2D eigenvalue weighted by Gasteiger charge is 2.07. The lowest BCUT2D eigenvalue weighted by Gasteiger charge is -2.17. The fourth-order valence-electron chi connectivity index (χ4n) is 0.992. The molecule has 1 aromatic carbocycles. The van der Waals surface area contributed by atoms with Crippen LogP contribution in [0.3, 0.4) is 0 Å². The Hall–Kier alpha value is -1.18. The molecule has 0 saturated carbocycles. The zero-order valence-electron chi connectivity index (χ0n) is 10.2. The third-order valence-electron chi connectivity index (χ3n) is 1.45. The molecule has 0 fully saturated rings. The lowest BCUT2D eigenvalue weighted by Crippen LogP contribution is -2.14. The summed E-state index contributed by atoms with van der Waals surface area (Å²) in [6.45, 7) is 9.58. The zero-order valence-corrected chi connectivity index (χ0v) is 10.2. The van der Waals surface area contributed by atoms with Crippen LogP contribution in [0.2, 0.25) is 0 Å². The zero-order chi connectivity index (χ0) is 11.5. The number of hydrogen-bond acceptors (Lipinski definition) is 2.